The topological polar surface area (TPSA) is 106 Å². The van der Waals surface area contributed by atoms with E-state index in [1.807, 2.05) is 6.20 Å². The molecule has 204 valence electrons. The molecule has 0 aliphatic heterocycles. The molecule has 0 bridgehead atoms. The number of carbonyl (C=O) groups is 1. The van der Waals surface area contributed by atoms with E-state index in [1.54, 1.807) is 0 Å². The molecule has 0 spiro atoms. The van der Waals surface area contributed by atoms with Gasteiger partial charge in [0.15, 0.2) is 17.3 Å². The third kappa shape index (κ3) is 5.54. The first-order valence-corrected chi connectivity index (χ1v) is 14.3. The van der Waals surface area contributed by atoms with Gasteiger partial charge in [0.2, 0.25) is 5.82 Å². The molecule has 2 N–H and O–H groups in total. The van der Waals surface area contributed by atoms with Gasteiger partial charge in [-0.1, -0.05) is 66.7 Å². The maximum atomic E-state index is 12.0. The molecule has 1 atom stereocenters. The molecule has 2 fully saturated rings. The van der Waals surface area contributed by atoms with Crippen molar-refractivity contribution in [1.82, 2.24) is 24.5 Å². The highest BCUT2D eigenvalue weighted by atomic mass is 16.4. The highest BCUT2D eigenvalue weighted by Gasteiger charge is 2.28. The number of fused-ring (bicyclic) bond motifs is 1. The van der Waals surface area contributed by atoms with Crippen LogP contribution in [-0.2, 0) is 12.0 Å². The minimum absolute atomic E-state index is 0.0330. The van der Waals surface area contributed by atoms with Crippen LogP contribution in [0, 0.1) is 23.7 Å². The highest BCUT2D eigenvalue weighted by molar-refractivity contribution is 5.92. The number of hydrogen-bond donors (Lipinski definition) is 2. The SMILES string of the molecule is CC1CCC(Cn2c(-c3cc(C(C)(C)C)ccn3)nc3nc(C(=O)O)nc(NC[C@H](C)C4CCC4)c32)CC1. The third-order valence-corrected chi connectivity index (χ3v) is 8.77. The average Bonchev–Trinajstić information content (AvgIpc) is 3.20. The molecule has 2 aliphatic carbocycles. The van der Waals surface area contributed by atoms with Gasteiger partial charge in [-0.15, -0.1) is 0 Å². The van der Waals surface area contributed by atoms with Crippen LogP contribution in [0.5, 0.6) is 0 Å². The summed E-state index contributed by atoms with van der Waals surface area (Å²) in [4.78, 5) is 30.5. The Morgan fingerprint density at radius 2 is 1.87 bits per heavy atom. The number of carboxylic acids is 1. The number of anilines is 1. The Hall–Kier alpha value is -3.03. The Morgan fingerprint density at radius 3 is 2.50 bits per heavy atom. The molecule has 2 aliphatic rings. The zero-order chi connectivity index (χ0) is 27.0. The molecule has 3 aromatic rings. The van der Waals surface area contributed by atoms with E-state index in [2.05, 4.69) is 66.6 Å². The quantitative estimate of drug-likeness (QED) is 0.348. The predicted molar refractivity (Wildman–Crippen MR) is 150 cm³/mol. The Balaban J connectivity index is 1.62. The fourth-order valence-electron chi connectivity index (χ4n) is 5.85. The molecule has 3 heterocycles. The van der Waals surface area contributed by atoms with Gasteiger partial charge in [0.05, 0.1) is 0 Å². The normalized spacial score (nSPS) is 21.3. The molecular weight excluding hydrogens is 476 g/mol. The number of aromatic carboxylic acids is 1. The van der Waals surface area contributed by atoms with Crippen molar-refractivity contribution in [3.05, 3.63) is 29.7 Å². The Kier molecular flexibility index (Phi) is 7.43. The second-order valence-corrected chi connectivity index (χ2v) is 12.8. The number of nitrogens with one attached hydrogen (secondary N) is 1. The lowest BCUT2D eigenvalue weighted by molar-refractivity contribution is 0.0684. The minimum atomic E-state index is -1.15. The summed E-state index contributed by atoms with van der Waals surface area (Å²) in [5.74, 6) is 2.42. The van der Waals surface area contributed by atoms with Gasteiger partial charge in [0, 0.05) is 19.3 Å². The molecule has 8 nitrogen and oxygen atoms in total. The van der Waals surface area contributed by atoms with E-state index in [-0.39, 0.29) is 11.2 Å². The molecule has 0 amide bonds. The lowest BCUT2D eigenvalue weighted by atomic mass is 9.77. The first kappa shape index (κ1) is 26.6. The Morgan fingerprint density at radius 1 is 1.13 bits per heavy atom. The van der Waals surface area contributed by atoms with Crippen molar-refractivity contribution in [3.63, 3.8) is 0 Å². The lowest BCUT2D eigenvalue weighted by Gasteiger charge is -2.31. The Bertz CT molecular complexity index is 1300. The number of nitrogens with zero attached hydrogens (tertiary/aromatic N) is 5. The van der Waals surface area contributed by atoms with Crippen molar-refractivity contribution in [3.8, 4) is 11.5 Å². The molecule has 0 radical (unpaired) electrons. The first-order valence-electron chi connectivity index (χ1n) is 14.3. The second kappa shape index (κ2) is 10.6. The summed E-state index contributed by atoms with van der Waals surface area (Å²) in [7, 11) is 0. The number of rotatable bonds is 8. The van der Waals surface area contributed by atoms with Crippen molar-refractivity contribution in [2.45, 2.75) is 91.5 Å². The third-order valence-electron chi connectivity index (χ3n) is 8.77. The lowest BCUT2D eigenvalue weighted by Crippen LogP contribution is -2.26. The van der Waals surface area contributed by atoms with Crippen molar-refractivity contribution in [2.75, 3.05) is 11.9 Å². The zero-order valence-electron chi connectivity index (χ0n) is 23.5. The molecule has 0 saturated heterocycles. The number of imidazole rings is 1. The standard InChI is InChI=1S/C30H42N6O2/c1-18-9-11-20(12-10-18)17-36-24-25(32-16-19(2)21-7-6-8-21)33-27(29(37)38)34-26(24)35-28(36)23-15-22(13-14-31-23)30(3,4)5/h13-15,18-21H,6-12,16-17H2,1-5H3,(H,37,38)(H,32,33,34)/t18?,19-,20?/m0/s1. The number of carboxylic acid groups (broad SMARTS) is 1. The van der Waals surface area contributed by atoms with Gasteiger partial charge in [-0.05, 0) is 59.6 Å². The van der Waals surface area contributed by atoms with Gasteiger partial charge in [-0.2, -0.15) is 0 Å². The van der Waals surface area contributed by atoms with Gasteiger partial charge in [-0.3, -0.25) is 4.98 Å². The summed E-state index contributed by atoms with van der Waals surface area (Å²) in [6, 6.07) is 4.16. The van der Waals surface area contributed by atoms with E-state index in [1.165, 1.54) is 50.5 Å². The first-order chi connectivity index (χ1) is 18.1. The molecular formula is C30H42N6O2. The zero-order valence-corrected chi connectivity index (χ0v) is 23.5. The number of hydrogen-bond acceptors (Lipinski definition) is 6. The van der Waals surface area contributed by atoms with Gasteiger partial charge in [-0.25, -0.2) is 19.7 Å². The molecule has 2 saturated carbocycles. The predicted octanol–water partition coefficient (Wildman–Crippen LogP) is 6.56. The van der Waals surface area contributed by atoms with Gasteiger partial charge in [0.1, 0.15) is 11.2 Å². The minimum Gasteiger partial charge on any atom is -0.475 e. The molecule has 0 aromatic carbocycles. The molecule has 0 unspecified atom stereocenters. The van der Waals surface area contributed by atoms with Crippen LogP contribution in [0.2, 0.25) is 0 Å². The maximum Gasteiger partial charge on any atom is 0.374 e. The molecule has 3 aromatic heterocycles. The van der Waals surface area contributed by atoms with E-state index in [4.69, 9.17) is 9.97 Å². The Labute approximate surface area is 225 Å². The average molecular weight is 519 g/mol. The van der Waals surface area contributed by atoms with Crippen LogP contribution in [0.15, 0.2) is 18.3 Å². The van der Waals surface area contributed by atoms with Crippen LogP contribution in [0.1, 0.15) is 95.7 Å². The fraction of sp³-hybridized carbons (Fsp3) is 0.633. The van der Waals surface area contributed by atoms with E-state index in [0.717, 1.165) is 36.0 Å². The van der Waals surface area contributed by atoms with Crippen LogP contribution in [-0.4, -0.2) is 42.1 Å². The van der Waals surface area contributed by atoms with Crippen molar-refractivity contribution in [2.24, 2.45) is 23.7 Å². The van der Waals surface area contributed by atoms with Crippen LogP contribution < -0.4 is 5.32 Å². The summed E-state index contributed by atoms with van der Waals surface area (Å²) in [5, 5.41) is 13.3. The van der Waals surface area contributed by atoms with Crippen LogP contribution in [0.4, 0.5) is 5.82 Å². The number of aromatic nitrogens is 5. The van der Waals surface area contributed by atoms with Crippen LogP contribution in [0.3, 0.4) is 0 Å². The van der Waals surface area contributed by atoms with Crippen molar-refractivity contribution < 1.29 is 9.90 Å². The molecule has 5 rings (SSSR count). The molecule has 38 heavy (non-hydrogen) atoms. The molecule has 8 heteroatoms. The second-order valence-electron chi connectivity index (χ2n) is 12.8. The monoisotopic (exact) mass is 518 g/mol. The summed E-state index contributed by atoms with van der Waals surface area (Å²) in [6.07, 6.45) is 10.5. The van der Waals surface area contributed by atoms with Gasteiger partial charge >= 0.3 is 5.97 Å². The summed E-state index contributed by atoms with van der Waals surface area (Å²) >= 11 is 0. The maximum absolute atomic E-state index is 12.0. The summed E-state index contributed by atoms with van der Waals surface area (Å²) < 4.78 is 2.22. The number of pyridine rings is 1. The van der Waals surface area contributed by atoms with Crippen molar-refractivity contribution >= 4 is 23.0 Å². The van der Waals surface area contributed by atoms with E-state index < -0.39 is 5.97 Å². The van der Waals surface area contributed by atoms with E-state index in [9.17, 15) is 9.90 Å². The van der Waals surface area contributed by atoms with E-state index in [0.29, 0.717) is 29.2 Å². The smallest absolute Gasteiger partial charge is 0.374 e. The van der Waals surface area contributed by atoms with Crippen molar-refractivity contribution in [1.29, 1.82) is 0 Å². The van der Waals surface area contributed by atoms with Crippen LogP contribution >= 0.6 is 0 Å². The van der Waals surface area contributed by atoms with E-state index >= 15 is 0 Å². The summed E-state index contributed by atoms with van der Waals surface area (Å²) in [5.41, 5.74) is 3.13. The largest absolute Gasteiger partial charge is 0.475 e. The van der Waals surface area contributed by atoms with Crippen LogP contribution in [0.25, 0.3) is 22.7 Å². The highest BCUT2D eigenvalue weighted by Crippen LogP contribution is 2.36. The fourth-order valence-corrected chi connectivity index (χ4v) is 5.85. The van der Waals surface area contributed by atoms with Gasteiger partial charge in [0.25, 0.3) is 0 Å². The van der Waals surface area contributed by atoms with Gasteiger partial charge < -0.3 is 15.0 Å². The summed E-state index contributed by atoms with van der Waals surface area (Å²) in [6.45, 7) is 12.7.